The number of aromatic nitrogens is 1. The van der Waals surface area contributed by atoms with Crippen LogP contribution in [0.3, 0.4) is 0 Å². The normalized spacial score (nSPS) is 23.8. The van der Waals surface area contributed by atoms with Crippen LogP contribution in [0.4, 0.5) is 0 Å². The van der Waals surface area contributed by atoms with Crippen LogP contribution in [0.15, 0.2) is 18.3 Å². The molecule has 1 unspecified atom stereocenters. The fourth-order valence-electron chi connectivity index (χ4n) is 4.95. The molecular formula is C23H34N4O2. The number of rotatable bonds is 5. The van der Waals surface area contributed by atoms with Gasteiger partial charge in [-0.2, -0.15) is 0 Å². The highest BCUT2D eigenvalue weighted by atomic mass is 16.2. The molecule has 4 rings (SSSR count). The van der Waals surface area contributed by atoms with Gasteiger partial charge in [0.1, 0.15) is 0 Å². The average Bonchev–Trinajstić information content (AvgIpc) is 3.58. The van der Waals surface area contributed by atoms with Crippen molar-refractivity contribution in [1.82, 2.24) is 19.7 Å². The first-order chi connectivity index (χ1) is 14.0. The molecule has 1 aromatic rings. The van der Waals surface area contributed by atoms with Crippen molar-refractivity contribution >= 4 is 11.8 Å². The third-order valence-corrected chi connectivity index (χ3v) is 6.78. The van der Waals surface area contributed by atoms with Crippen molar-refractivity contribution < 1.29 is 9.59 Å². The molecule has 0 radical (unpaired) electrons. The Balaban J connectivity index is 1.28. The molecule has 6 nitrogen and oxygen atoms in total. The van der Waals surface area contributed by atoms with Gasteiger partial charge in [-0.25, -0.2) is 0 Å². The van der Waals surface area contributed by atoms with E-state index in [0.29, 0.717) is 24.4 Å². The smallest absolute Gasteiger partial charge is 0.227 e. The summed E-state index contributed by atoms with van der Waals surface area (Å²) in [7, 11) is 1.92. The van der Waals surface area contributed by atoms with Crippen LogP contribution in [0.1, 0.15) is 49.8 Å². The van der Waals surface area contributed by atoms with Crippen LogP contribution >= 0.6 is 0 Å². The number of piperidine rings is 2. The highest BCUT2D eigenvalue weighted by Crippen LogP contribution is 2.33. The zero-order valence-electron chi connectivity index (χ0n) is 17.8. The lowest BCUT2D eigenvalue weighted by Crippen LogP contribution is -2.51. The number of hydrogen-bond donors (Lipinski definition) is 0. The Morgan fingerprint density at radius 2 is 1.86 bits per heavy atom. The van der Waals surface area contributed by atoms with Crippen molar-refractivity contribution in [1.29, 1.82) is 0 Å². The molecule has 0 aromatic carbocycles. The summed E-state index contributed by atoms with van der Waals surface area (Å²) in [6.07, 6.45) is 8.14. The van der Waals surface area contributed by atoms with E-state index in [0.717, 1.165) is 76.0 Å². The number of carbonyl (C=O) groups is 2. The summed E-state index contributed by atoms with van der Waals surface area (Å²) in [4.78, 5) is 36.1. The average molecular weight is 399 g/mol. The van der Waals surface area contributed by atoms with E-state index in [1.807, 2.05) is 37.2 Å². The Morgan fingerprint density at radius 3 is 2.55 bits per heavy atom. The van der Waals surface area contributed by atoms with Gasteiger partial charge in [0.15, 0.2) is 0 Å². The Kier molecular flexibility index (Phi) is 6.18. The molecule has 2 saturated heterocycles. The molecule has 158 valence electrons. The monoisotopic (exact) mass is 398 g/mol. The second-order valence-electron chi connectivity index (χ2n) is 9.16. The highest BCUT2D eigenvalue weighted by Gasteiger charge is 2.37. The predicted molar refractivity (Wildman–Crippen MR) is 112 cm³/mol. The van der Waals surface area contributed by atoms with Gasteiger partial charge in [-0.15, -0.1) is 0 Å². The summed E-state index contributed by atoms with van der Waals surface area (Å²) in [6, 6.07) is 4.55. The SMILES string of the molecule is Cc1cc(CN(C)C(=O)C2CCCN(C3CCN(C(=O)C4CC4)CC3)C2)ccn1. The first-order valence-electron chi connectivity index (χ1n) is 11.2. The van der Waals surface area contributed by atoms with Gasteiger partial charge in [-0.05, 0) is 69.7 Å². The molecule has 29 heavy (non-hydrogen) atoms. The van der Waals surface area contributed by atoms with Crippen molar-refractivity contribution in [2.45, 2.75) is 58.0 Å². The minimum atomic E-state index is 0.0859. The summed E-state index contributed by atoms with van der Waals surface area (Å²) in [5, 5.41) is 0. The fourth-order valence-corrected chi connectivity index (χ4v) is 4.95. The van der Waals surface area contributed by atoms with E-state index >= 15 is 0 Å². The van der Waals surface area contributed by atoms with Crippen LogP contribution in [0.5, 0.6) is 0 Å². The van der Waals surface area contributed by atoms with Gasteiger partial charge < -0.3 is 9.80 Å². The van der Waals surface area contributed by atoms with Crippen LogP contribution in [0.25, 0.3) is 0 Å². The molecule has 1 aliphatic carbocycles. The van der Waals surface area contributed by atoms with Gasteiger partial charge in [-0.1, -0.05) is 0 Å². The molecule has 2 aliphatic heterocycles. The maximum atomic E-state index is 13.1. The second kappa shape index (κ2) is 8.82. The Hall–Kier alpha value is -1.95. The summed E-state index contributed by atoms with van der Waals surface area (Å²) in [6.45, 7) is 6.33. The topological polar surface area (TPSA) is 56.8 Å². The fraction of sp³-hybridized carbons (Fsp3) is 0.696. The van der Waals surface area contributed by atoms with E-state index in [1.54, 1.807) is 0 Å². The lowest BCUT2D eigenvalue weighted by Gasteiger charge is -2.42. The van der Waals surface area contributed by atoms with Crippen molar-refractivity contribution in [3.63, 3.8) is 0 Å². The molecule has 1 saturated carbocycles. The number of amides is 2. The zero-order chi connectivity index (χ0) is 20.4. The van der Waals surface area contributed by atoms with Crippen LogP contribution in [-0.4, -0.2) is 70.8 Å². The summed E-state index contributed by atoms with van der Waals surface area (Å²) < 4.78 is 0. The molecular weight excluding hydrogens is 364 g/mol. The van der Waals surface area contributed by atoms with E-state index in [1.165, 1.54) is 0 Å². The Morgan fingerprint density at radius 1 is 1.10 bits per heavy atom. The molecule has 2 amide bonds. The Bertz CT molecular complexity index is 740. The molecule has 3 aliphatic rings. The maximum Gasteiger partial charge on any atom is 0.227 e. The van der Waals surface area contributed by atoms with E-state index in [-0.39, 0.29) is 11.8 Å². The number of likely N-dealkylation sites (tertiary alicyclic amines) is 2. The second-order valence-corrected chi connectivity index (χ2v) is 9.16. The van der Waals surface area contributed by atoms with Crippen LogP contribution in [0, 0.1) is 18.8 Å². The lowest BCUT2D eigenvalue weighted by molar-refractivity contribution is -0.137. The molecule has 6 heteroatoms. The summed E-state index contributed by atoms with van der Waals surface area (Å²) >= 11 is 0. The van der Waals surface area contributed by atoms with Crippen molar-refractivity contribution in [2.24, 2.45) is 11.8 Å². The lowest BCUT2D eigenvalue weighted by atomic mass is 9.92. The van der Waals surface area contributed by atoms with Crippen molar-refractivity contribution in [3.8, 4) is 0 Å². The van der Waals surface area contributed by atoms with Gasteiger partial charge in [-0.3, -0.25) is 19.5 Å². The van der Waals surface area contributed by atoms with E-state index < -0.39 is 0 Å². The molecule has 0 spiro atoms. The van der Waals surface area contributed by atoms with Crippen molar-refractivity contribution in [3.05, 3.63) is 29.6 Å². The molecule has 1 aromatic heterocycles. The molecule has 3 heterocycles. The Labute approximate surface area is 174 Å². The maximum absolute atomic E-state index is 13.1. The number of pyridine rings is 1. The number of carbonyl (C=O) groups excluding carboxylic acids is 2. The van der Waals surface area contributed by atoms with Gasteiger partial charge in [0, 0.05) is 57.1 Å². The van der Waals surface area contributed by atoms with E-state index in [9.17, 15) is 9.59 Å². The molecule has 3 fully saturated rings. The van der Waals surface area contributed by atoms with Crippen molar-refractivity contribution in [2.75, 3.05) is 33.2 Å². The number of hydrogen-bond acceptors (Lipinski definition) is 4. The van der Waals surface area contributed by atoms with Crippen LogP contribution in [-0.2, 0) is 16.1 Å². The number of aryl methyl sites for hydroxylation is 1. The van der Waals surface area contributed by atoms with Crippen LogP contribution in [0.2, 0.25) is 0 Å². The van der Waals surface area contributed by atoms with Gasteiger partial charge in [0.05, 0.1) is 5.92 Å². The quantitative estimate of drug-likeness (QED) is 0.765. The third kappa shape index (κ3) is 4.97. The minimum Gasteiger partial charge on any atom is -0.342 e. The first kappa shape index (κ1) is 20.3. The molecule has 0 bridgehead atoms. The third-order valence-electron chi connectivity index (χ3n) is 6.78. The first-order valence-corrected chi connectivity index (χ1v) is 11.2. The standard InChI is InChI=1S/C23H34N4O2/c1-17-14-18(7-10-24-17)15-25(2)22(28)20-4-3-11-27(16-20)21-8-12-26(13-9-21)23(29)19-5-6-19/h7,10,14,19-21H,3-6,8-9,11-13,15-16H2,1-2H3. The van der Waals surface area contributed by atoms with Crippen LogP contribution < -0.4 is 0 Å². The van der Waals surface area contributed by atoms with Gasteiger partial charge >= 0.3 is 0 Å². The van der Waals surface area contributed by atoms with Gasteiger partial charge in [0.2, 0.25) is 11.8 Å². The van der Waals surface area contributed by atoms with E-state index in [2.05, 4.69) is 14.8 Å². The van der Waals surface area contributed by atoms with E-state index in [4.69, 9.17) is 0 Å². The highest BCUT2D eigenvalue weighted by molar-refractivity contribution is 5.81. The van der Waals surface area contributed by atoms with Gasteiger partial charge in [0.25, 0.3) is 0 Å². The molecule has 0 N–H and O–H groups in total. The summed E-state index contributed by atoms with van der Waals surface area (Å²) in [5.74, 6) is 1.04. The largest absolute Gasteiger partial charge is 0.342 e. The molecule has 1 atom stereocenters. The zero-order valence-corrected chi connectivity index (χ0v) is 17.8. The number of nitrogens with zero attached hydrogens (tertiary/aromatic N) is 4. The summed E-state index contributed by atoms with van der Waals surface area (Å²) in [5.41, 5.74) is 2.12. The minimum absolute atomic E-state index is 0.0859. The predicted octanol–water partition coefficient (Wildman–Crippen LogP) is 2.46.